The van der Waals surface area contributed by atoms with E-state index < -0.39 is 5.54 Å². The maximum Gasteiger partial charge on any atom is 0.331 e. The second kappa shape index (κ2) is 5.98. The summed E-state index contributed by atoms with van der Waals surface area (Å²) < 4.78 is 4.86. The largest absolute Gasteiger partial charge is 0.467 e. The summed E-state index contributed by atoms with van der Waals surface area (Å²) >= 11 is 0. The second-order valence-electron chi connectivity index (χ2n) is 5.13. The van der Waals surface area contributed by atoms with Crippen LogP contribution >= 0.6 is 0 Å². The lowest BCUT2D eigenvalue weighted by Crippen LogP contribution is -2.56. The Morgan fingerprint density at radius 3 is 2.45 bits per heavy atom. The van der Waals surface area contributed by atoms with Crippen molar-refractivity contribution >= 4 is 11.9 Å². The first-order chi connectivity index (χ1) is 9.57. The van der Waals surface area contributed by atoms with Gasteiger partial charge < -0.3 is 10.1 Å². The van der Waals surface area contributed by atoms with E-state index in [1.807, 2.05) is 0 Å². The molecule has 0 radical (unpaired) electrons. The molecule has 0 bridgehead atoms. The summed E-state index contributed by atoms with van der Waals surface area (Å²) in [6.45, 7) is 1.80. The Morgan fingerprint density at radius 1 is 1.20 bits per heavy atom. The lowest BCUT2D eigenvalue weighted by molar-refractivity contribution is -0.149. The molecule has 1 fully saturated rings. The van der Waals surface area contributed by atoms with Crippen LogP contribution in [0, 0.1) is 6.92 Å². The highest BCUT2D eigenvalue weighted by Crippen LogP contribution is 2.29. The molecule has 0 spiro atoms. The summed E-state index contributed by atoms with van der Waals surface area (Å²) in [6, 6.07) is 0. The molecule has 0 unspecified atom stereocenters. The average molecular weight is 277 g/mol. The Labute approximate surface area is 118 Å². The van der Waals surface area contributed by atoms with Crippen LogP contribution in [-0.2, 0) is 9.53 Å². The summed E-state index contributed by atoms with van der Waals surface area (Å²) in [5.41, 5.74) is 0.0303. The topological polar surface area (TPSA) is 81.2 Å². The van der Waals surface area contributed by atoms with Crippen molar-refractivity contribution in [2.24, 2.45) is 0 Å². The Kier molecular flexibility index (Phi) is 4.32. The number of carbonyl (C=O) groups is 2. The molecule has 1 amide bonds. The third-order valence-electron chi connectivity index (χ3n) is 3.65. The molecule has 0 aromatic carbocycles. The maximum atomic E-state index is 12.2. The van der Waals surface area contributed by atoms with Gasteiger partial charge in [-0.2, -0.15) is 0 Å². The Morgan fingerprint density at radius 2 is 1.90 bits per heavy atom. The highest BCUT2D eigenvalue weighted by atomic mass is 16.5. The van der Waals surface area contributed by atoms with Crippen molar-refractivity contribution in [3.8, 4) is 0 Å². The van der Waals surface area contributed by atoms with Gasteiger partial charge in [0.25, 0.3) is 5.91 Å². The van der Waals surface area contributed by atoms with Crippen LogP contribution in [0.4, 0.5) is 0 Å². The minimum Gasteiger partial charge on any atom is -0.467 e. The van der Waals surface area contributed by atoms with E-state index in [9.17, 15) is 9.59 Å². The zero-order valence-electron chi connectivity index (χ0n) is 11.8. The number of amides is 1. The number of esters is 1. The minimum absolute atomic E-state index is 0.212. The monoisotopic (exact) mass is 277 g/mol. The fraction of sp³-hybridized carbons (Fsp3) is 0.571. The van der Waals surface area contributed by atoms with E-state index in [1.54, 1.807) is 6.92 Å². The fourth-order valence-corrected chi connectivity index (χ4v) is 2.52. The van der Waals surface area contributed by atoms with E-state index in [0.29, 0.717) is 12.8 Å². The molecule has 1 aliphatic rings. The Balaban J connectivity index is 2.17. The molecule has 20 heavy (non-hydrogen) atoms. The molecule has 1 aromatic heterocycles. The van der Waals surface area contributed by atoms with Crippen LogP contribution in [-0.4, -0.2) is 34.5 Å². The predicted octanol–water partition coefficient (Wildman–Crippen LogP) is 1.39. The van der Waals surface area contributed by atoms with E-state index >= 15 is 0 Å². The number of hydrogen-bond acceptors (Lipinski definition) is 5. The number of aromatic nitrogens is 2. The molecule has 108 valence electrons. The van der Waals surface area contributed by atoms with Gasteiger partial charge >= 0.3 is 5.97 Å². The van der Waals surface area contributed by atoms with Gasteiger partial charge in [-0.1, -0.05) is 19.3 Å². The van der Waals surface area contributed by atoms with Crippen molar-refractivity contribution in [3.05, 3.63) is 23.8 Å². The summed E-state index contributed by atoms with van der Waals surface area (Å²) in [5, 5.41) is 2.80. The number of nitrogens with one attached hydrogen (secondary N) is 1. The van der Waals surface area contributed by atoms with Crippen LogP contribution in [0.15, 0.2) is 12.4 Å². The molecule has 1 heterocycles. The van der Waals surface area contributed by atoms with E-state index in [2.05, 4.69) is 15.3 Å². The van der Waals surface area contributed by atoms with Crippen molar-refractivity contribution in [2.45, 2.75) is 44.6 Å². The predicted molar refractivity (Wildman–Crippen MR) is 72.1 cm³/mol. The number of nitrogens with zero attached hydrogens (tertiary/aromatic N) is 2. The van der Waals surface area contributed by atoms with E-state index in [4.69, 9.17) is 4.74 Å². The molecule has 6 heteroatoms. The molecular formula is C14H19N3O3. The normalized spacial score (nSPS) is 17.3. The van der Waals surface area contributed by atoms with Gasteiger partial charge in [-0.3, -0.25) is 9.78 Å². The van der Waals surface area contributed by atoms with Crippen LogP contribution < -0.4 is 5.32 Å². The smallest absolute Gasteiger partial charge is 0.331 e. The standard InChI is InChI=1S/C14H19N3O3/c1-10-8-16-11(9-15-10)12(18)17-14(13(19)20-2)6-4-3-5-7-14/h8-9H,3-7H2,1-2H3,(H,17,18). The van der Waals surface area contributed by atoms with Crippen LogP contribution in [0.3, 0.4) is 0 Å². The molecule has 1 saturated carbocycles. The van der Waals surface area contributed by atoms with Crippen LogP contribution in [0.2, 0.25) is 0 Å². The highest BCUT2D eigenvalue weighted by molar-refractivity contribution is 5.96. The zero-order chi connectivity index (χ0) is 14.6. The number of ether oxygens (including phenoxy) is 1. The Bertz CT molecular complexity index is 493. The van der Waals surface area contributed by atoms with Crippen LogP contribution in [0.1, 0.15) is 48.3 Å². The van der Waals surface area contributed by atoms with Gasteiger partial charge in [0.1, 0.15) is 11.2 Å². The Hall–Kier alpha value is -1.98. The molecule has 0 atom stereocenters. The number of carbonyl (C=O) groups excluding carboxylic acids is 2. The van der Waals surface area contributed by atoms with E-state index in [1.165, 1.54) is 19.5 Å². The van der Waals surface area contributed by atoms with Gasteiger partial charge in [-0.05, 0) is 19.8 Å². The van der Waals surface area contributed by atoms with Gasteiger partial charge in [0.2, 0.25) is 0 Å². The third-order valence-corrected chi connectivity index (χ3v) is 3.65. The summed E-state index contributed by atoms with van der Waals surface area (Å²) in [7, 11) is 1.34. The van der Waals surface area contributed by atoms with Gasteiger partial charge in [0.15, 0.2) is 0 Å². The molecular weight excluding hydrogens is 258 g/mol. The molecule has 2 rings (SSSR count). The highest BCUT2D eigenvalue weighted by Gasteiger charge is 2.42. The number of hydrogen-bond donors (Lipinski definition) is 1. The summed E-state index contributed by atoms with van der Waals surface area (Å²) in [6.07, 6.45) is 7.01. The molecule has 1 N–H and O–H groups in total. The minimum atomic E-state index is -0.920. The fourth-order valence-electron chi connectivity index (χ4n) is 2.52. The molecule has 0 aliphatic heterocycles. The summed E-state index contributed by atoms with van der Waals surface area (Å²) in [5.74, 6) is -0.768. The SMILES string of the molecule is COC(=O)C1(NC(=O)c2cnc(C)cn2)CCCCC1. The quantitative estimate of drug-likeness (QED) is 0.844. The number of rotatable bonds is 3. The van der Waals surface area contributed by atoms with Gasteiger partial charge in [-0.25, -0.2) is 9.78 Å². The van der Waals surface area contributed by atoms with E-state index in [-0.39, 0.29) is 17.6 Å². The molecule has 0 saturated heterocycles. The molecule has 1 aromatic rings. The first-order valence-corrected chi connectivity index (χ1v) is 6.77. The molecule has 6 nitrogen and oxygen atoms in total. The van der Waals surface area contributed by atoms with E-state index in [0.717, 1.165) is 25.0 Å². The van der Waals surface area contributed by atoms with Gasteiger partial charge in [0, 0.05) is 6.20 Å². The zero-order valence-corrected chi connectivity index (χ0v) is 11.8. The van der Waals surface area contributed by atoms with Crippen molar-refractivity contribution in [1.29, 1.82) is 0 Å². The van der Waals surface area contributed by atoms with Crippen molar-refractivity contribution in [2.75, 3.05) is 7.11 Å². The first-order valence-electron chi connectivity index (χ1n) is 6.77. The maximum absolute atomic E-state index is 12.2. The second-order valence-corrected chi connectivity index (χ2v) is 5.13. The first kappa shape index (κ1) is 14.4. The van der Waals surface area contributed by atoms with Gasteiger partial charge in [0.05, 0.1) is 19.0 Å². The third kappa shape index (κ3) is 2.95. The lowest BCUT2D eigenvalue weighted by atomic mass is 9.81. The summed E-state index contributed by atoms with van der Waals surface area (Å²) in [4.78, 5) is 32.3. The lowest BCUT2D eigenvalue weighted by Gasteiger charge is -2.35. The van der Waals surface area contributed by atoms with Crippen LogP contribution in [0.25, 0.3) is 0 Å². The number of aryl methyl sites for hydroxylation is 1. The van der Waals surface area contributed by atoms with Crippen molar-refractivity contribution < 1.29 is 14.3 Å². The average Bonchev–Trinajstić information content (AvgIpc) is 2.48. The van der Waals surface area contributed by atoms with Crippen LogP contribution in [0.5, 0.6) is 0 Å². The molecule has 1 aliphatic carbocycles. The van der Waals surface area contributed by atoms with Crippen molar-refractivity contribution in [3.63, 3.8) is 0 Å². The number of methoxy groups -OCH3 is 1. The van der Waals surface area contributed by atoms with Gasteiger partial charge in [-0.15, -0.1) is 0 Å². The van der Waals surface area contributed by atoms with Crippen molar-refractivity contribution in [1.82, 2.24) is 15.3 Å².